The van der Waals surface area contributed by atoms with E-state index in [1.165, 1.54) is 13.1 Å². The molecule has 0 aliphatic rings. The van der Waals surface area contributed by atoms with Crippen LogP contribution in [0.1, 0.15) is 32.6 Å². The van der Waals surface area contributed by atoms with Gasteiger partial charge in [0.2, 0.25) is 0 Å². The number of hydrogen-bond acceptors (Lipinski definition) is 6. The van der Waals surface area contributed by atoms with E-state index in [1.54, 1.807) is 31.2 Å². The Morgan fingerprint density at radius 2 is 1.92 bits per heavy atom. The Morgan fingerprint density at radius 1 is 1.23 bits per heavy atom. The number of nitrogens with zero attached hydrogens (tertiary/aromatic N) is 2. The molecule has 3 aromatic rings. The van der Waals surface area contributed by atoms with Gasteiger partial charge < -0.3 is 4.98 Å². The van der Waals surface area contributed by atoms with Crippen molar-refractivity contribution in [1.29, 1.82) is 0 Å². The van der Waals surface area contributed by atoms with E-state index < -0.39 is 11.5 Å². The predicted octanol–water partition coefficient (Wildman–Crippen LogP) is 3.31. The van der Waals surface area contributed by atoms with Gasteiger partial charge in [-0.3, -0.25) is 19.7 Å². The standard InChI is InChI=1S/C17H13ClN4O3S/c1-8-13(9(2)23)26-17(20-8)22-16(25)12-7-19-14(21-15(12)24)10-3-5-11(18)6-4-10/h3-7H,1-2H3,(H,19,21,24)(H,20,22,25). The van der Waals surface area contributed by atoms with Gasteiger partial charge in [0, 0.05) is 23.7 Å². The molecule has 0 bridgehead atoms. The van der Waals surface area contributed by atoms with Crippen molar-refractivity contribution in [2.24, 2.45) is 0 Å². The van der Waals surface area contributed by atoms with Crippen molar-refractivity contribution in [2.75, 3.05) is 5.32 Å². The highest BCUT2D eigenvalue weighted by Gasteiger charge is 2.17. The molecule has 0 aliphatic carbocycles. The summed E-state index contributed by atoms with van der Waals surface area (Å²) in [5.41, 5.74) is 0.463. The molecule has 0 spiro atoms. The van der Waals surface area contributed by atoms with Crippen LogP contribution in [0.25, 0.3) is 11.4 Å². The number of hydrogen-bond donors (Lipinski definition) is 2. The van der Waals surface area contributed by atoms with Gasteiger partial charge in [0.1, 0.15) is 11.4 Å². The summed E-state index contributed by atoms with van der Waals surface area (Å²) >= 11 is 6.90. The van der Waals surface area contributed by atoms with Gasteiger partial charge in [-0.15, -0.1) is 0 Å². The first kappa shape index (κ1) is 18.0. The molecule has 0 unspecified atom stereocenters. The van der Waals surface area contributed by atoms with Gasteiger partial charge in [0.25, 0.3) is 11.5 Å². The zero-order valence-corrected chi connectivity index (χ0v) is 15.4. The van der Waals surface area contributed by atoms with E-state index >= 15 is 0 Å². The highest BCUT2D eigenvalue weighted by Crippen LogP contribution is 2.23. The first-order chi connectivity index (χ1) is 12.3. The lowest BCUT2D eigenvalue weighted by atomic mass is 10.2. The SMILES string of the molecule is CC(=O)c1sc(NC(=O)c2cnc(-c3ccc(Cl)cc3)[nH]c2=O)nc1C. The van der Waals surface area contributed by atoms with Crippen LogP contribution in [0.2, 0.25) is 5.02 Å². The number of aromatic nitrogens is 3. The van der Waals surface area contributed by atoms with E-state index in [4.69, 9.17) is 11.6 Å². The number of nitrogens with one attached hydrogen (secondary N) is 2. The first-order valence-corrected chi connectivity index (χ1v) is 8.69. The number of rotatable bonds is 4. The molecule has 2 heterocycles. The van der Waals surface area contributed by atoms with Crippen LogP contribution >= 0.6 is 22.9 Å². The monoisotopic (exact) mass is 388 g/mol. The lowest BCUT2D eigenvalue weighted by Crippen LogP contribution is -2.24. The van der Waals surface area contributed by atoms with E-state index in [2.05, 4.69) is 20.3 Å². The Balaban J connectivity index is 1.84. The van der Waals surface area contributed by atoms with Crippen LogP contribution in [0, 0.1) is 6.92 Å². The van der Waals surface area contributed by atoms with E-state index in [0.717, 1.165) is 11.3 Å². The molecule has 9 heteroatoms. The number of Topliss-reactive ketones (excluding diaryl/α,β-unsaturated/α-hetero) is 1. The number of aromatic amines is 1. The van der Waals surface area contributed by atoms with E-state index in [9.17, 15) is 14.4 Å². The lowest BCUT2D eigenvalue weighted by Gasteiger charge is -2.04. The predicted molar refractivity (Wildman–Crippen MR) is 100 cm³/mol. The van der Waals surface area contributed by atoms with Crippen molar-refractivity contribution in [3.05, 3.63) is 62.0 Å². The van der Waals surface area contributed by atoms with Gasteiger partial charge in [0.05, 0.1) is 10.6 Å². The number of thiazole rings is 1. The Bertz CT molecular complexity index is 1060. The minimum atomic E-state index is -0.648. The number of anilines is 1. The van der Waals surface area contributed by atoms with Gasteiger partial charge >= 0.3 is 0 Å². The Labute approximate surface area is 157 Å². The molecular weight excluding hydrogens is 376 g/mol. The summed E-state index contributed by atoms with van der Waals surface area (Å²) in [6.45, 7) is 3.11. The maximum atomic E-state index is 12.3. The highest BCUT2D eigenvalue weighted by molar-refractivity contribution is 7.17. The zero-order chi connectivity index (χ0) is 18.8. The third-order valence-corrected chi connectivity index (χ3v) is 4.92. The largest absolute Gasteiger partial charge is 0.306 e. The molecular formula is C17H13ClN4O3S. The Morgan fingerprint density at radius 3 is 2.50 bits per heavy atom. The molecule has 132 valence electrons. The highest BCUT2D eigenvalue weighted by atomic mass is 35.5. The lowest BCUT2D eigenvalue weighted by molar-refractivity contribution is 0.101. The van der Waals surface area contributed by atoms with Gasteiger partial charge in [0.15, 0.2) is 10.9 Å². The first-order valence-electron chi connectivity index (χ1n) is 7.50. The summed E-state index contributed by atoms with van der Waals surface area (Å²) in [5.74, 6) is -0.454. The van der Waals surface area contributed by atoms with E-state index in [0.29, 0.717) is 27.0 Å². The minimum absolute atomic E-state index is 0.132. The molecule has 0 atom stereocenters. The van der Waals surface area contributed by atoms with Gasteiger partial charge in [-0.05, 0) is 31.2 Å². The maximum absolute atomic E-state index is 12.3. The van der Waals surface area contributed by atoms with Crippen molar-refractivity contribution in [3.8, 4) is 11.4 Å². The van der Waals surface area contributed by atoms with Crippen LogP contribution in [-0.4, -0.2) is 26.6 Å². The number of amides is 1. The summed E-state index contributed by atoms with van der Waals surface area (Å²) in [7, 11) is 0. The number of aryl methyl sites for hydroxylation is 1. The summed E-state index contributed by atoms with van der Waals surface area (Å²) in [6, 6.07) is 6.77. The fourth-order valence-corrected chi connectivity index (χ4v) is 3.23. The van der Waals surface area contributed by atoms with Crippen LogP contribution in [0.4, 0.5) is 5.13 Å². The molecule has 0 fully saturated rings. The number of halogens is 1. The quantitative estimate of drug-likeness (QED) is 0.667. The molecule has 2 aromatic heterocycles. The average molecular weight is 389 g/mol. The molecule has 7 nitrogen and oxygen atoms in total. The normalized spacial score (nSPS) is 10.6. The third kappa shape index (κ3) is 3.71. The molecule has 26 heavy (non-hydrogen) atoms. The summed E-state index contributed by atoms with van der Waals surface area (Å²) in [4.78, 5) is 47.3. The van der Waals surface area contributed by atoms with Crippen LogP contribution in [-0.2, 0) is 0 Å². The Hall–Kier alpha value is -2.84. The molecule has 0 radical (unpaired) electrons. The third-order valence-electron chi connectivity index (χ3n) is 3.50. The van der Waals surface area contributed by atoms with Gasteiger partial charge in [-0.25, -0.2) is 9.97 Å². The van der Waals surface area contributed by atoms with Crippen LogP contribution in [0.5, 0.6) is 0 Å². The van der Waals surface area contributed by atoms with Crippen molar-refractivity contribution in [3.63, 3.8) is 0 Å². The molecule has 1 amide bonds. The second-order valence-electron chi connectivity index (χ2n) is 5.43. The van der Waals surface area contributed by atoms with E-state index in [-0.39, 0.29) is 16.5 Å². The molecule has 1 aromatic carbocycles. The second-order valence-corrected chi connectivity index (χ2v) is 6.86. The molecule has 3 rings (SSSR count). The summed E-state index contributed by atoms with van der Waals surface area (Å²) in [5, 5.41) is 3.34. The van der Waals surface area contributed by atoms with E-state index in [1.807, 2.05) is 0 Å². The maximum Gasteiger partial charge on any atom is 0.264 e. The van der Waals surface area contributed by atoms with Crippen molar-refractivity contribution in [1.82, 2.24) is 15.0 Å². The zero-order valence-electron chi connectivity index (χ0n) is 13.8. The minimum Gasteiger partial charge on any atom is -0.306 e. The van der Waals surface area contributed by atoms with Crippen LogP contribution < -0.4 is 10.9 Å². The van der Waals surface area contributed by atoms with Crippen LogP contribution in [0.15, 0.2) is 35.3 Å². The number of ketones is 1. The fourth-order valence-electron chi connectivity index (χ4n) is 2.25. The van der Waals surface area contributed by atoms with Crippen molar-refractivity contribution >= 4 is 39.8 Å². The average Bonchev–Trinajstić information content (AvgIpc) is 2.95. The van der Waals surface area contributed by atoms with Crippen molar-refractivity contribution < 1.29 is 9.59 Å². The molecule has 0 saturated carbocycles. The number of benzene rings is 1. The number of H-pyrrole nitrogens is 1. The van der Waals surface area contributed by atoms with Crippen LogP contribution in [0.3, 0.4) is 0 Å². The second kappa shape index (κ2) is 7.19. The molecule has 0 saturated heterocycles. The molecule has 0 aliphatic heterocycles. The van der Waals surface area contributed by atoms with Gasteiger partial charge in [-0.1, -0.05) is 22.9 Å². The summed E-state index contributed by atoms with van der Waals surface area (Å²) < 4.78 is 0. The number of carbonyl (C=O) groups is 2. The summed E-state index contributed by atoms with van der Waals surface area (Å²) in [6.07, 6.45) is 1.20. The van der Waals surface area contributed by atoms with Crippen molar-refractivity contribution in [2.45, 2.75) is 13.8 Å². The Kier molecular flexibility index (Phi) is 4.97. The number of carbonyl (C=O) groups excluding carboxylic acids is 2. The molecule has 2 N–H and O–H groups in total. The van der Waals surface area contributed by atoms with Gasteiger partial charge in [-0.2, -0.15) is 0 Å². The smallest absolute Gasteiger partial charge is 0.264 e. The fraction of sp³-hybridized carbons (Fsp3) is 0.118. The topological polar surface area (TPSA) is 105 Å².